The van der Waals surface area contributed by atoms with E-state index in [1.165, 1.54) is 0 Å². The number of aromatic nitrogens is 2. The molecule has 0 saturated carbocycles. The van der Waals surface area contributed by atoms with E-state index in [0.717, 1.165) is 5.39 Å². The Balaban J connectivity index is 1.51. The fourth-order valence-corrected chi connectivity index (χ4v) is 2.94. The summed E-state index contributed by atoms with van der Waals surface area (Å²) in [5, 5.41) is 0.840. The van der Waals surface area contributed by atoms with Gasteiger partial charge in [-0.25, -0.2) is 4.98 Å². The van der Waals surface area contributed by atoms with Crippen LogP contribution in [-0.2, 0) is 16.1 Å². The number of furan rings is 1. The molecule has 1 aromatic carbocycles. The number of rotatable bonds is 7. The maximum absolute atomic E-state index is 6.00. The lowest BCUT2D eigenvalue weighted by molar-refractivity contribution is -0.141. The molecule has 0 aliphatic carbocycles. The lowest BCUT2D eigenvalue weighted by atomic mass is 10.2. The second-order valence-corrected chi connectivity index (χ2v) is 6.69. The highest BCUT2D eigenvalue weighted by atomic mass is 16.7. The molecule has 1 saturated heterocycles. The molecule has 1 fully saturated rings. The molecule has 3 aromatic rings. The Morgan fingerprint density at radius 1 is 1.26 bits per heavy atom. The maximum Gasteiger partial charge on any atom is 0.293 e. The second kappa shape index (κ2) is 7.13. The molecule has 2 aromatic heterocycles. The van der Waals surface area contributed by atoms with Gasteiger partial charge < -0.3 is 33.1 Å². The summed E-state index contributed by atoms with van der Waals surface area (Å²) >= 11 is 0. The van der Waals surface area contributed by atoms with Crippen LogP contribution in [0.3, 0.4) is 0 Å². The second-order valence-electron chi connectivity index (χ2n) is 6.69. The van der Waals surface area contributed by atoms with Crippen LogP contribution in [0.15, 0.2) is 35.0 Å². The number of H-pyrrole nitrogens is 1. The van der Waals surface area contributed by atoms with Gasteiger partial charge in [-0.3, -0.25) is 0 Å². The summed E-state index contributed by atoms with van der Waals surface area (Å²) < 4.78 is 34.1. The average molecular weight is 374 g/mol. The minimum Gasteiger partial charge on any atom is -0.496 e. The SMILES string of the molecule is COc1cc(OC[C@@H]2COC(C)(C)O2)c2cc(COc3ncc[nH]3)oc2c1. The lowest BCUT2D eigenvalue weighted by Crippen LogP contribution is -2.25. The van der Waals surface area contributed by atoms with E-state index in [2.05, 4.69) is 9.97 Å². The number of benzene rings is 1. The molecule has 0 amide bonds. The number of hydrogen-bond acceptors (Lipinski definition) is 7. The zero-order valence-electron chi connectivity index (χ0n) is 15.5. The first-order valence-corrected chi connectivity index (χ1v) is 8.69. The number of aromatic amines is 1. The molecule has 3 heterocycles. The van der Waals surface area contributed by atoms with Crippen molar-refractivity contribution < 1.29 is 28.1 Å². The number of fused-ring (bicyclic) bond motifs is 1. The van der Waals surface area contributed by atoms with E-state index >= 15 is 0 Å². The third kappa shape index (κ3) is 4.01. The molecule has 8 heteroatoms. The van der Waals surface area contributed by atoms with Gasteiger partial charge in [0.2, 0.25) is 0 Å². The van der Waals surface area contributed by atoms with E-state index < -0.39 is 5.79 Å². The summed E-state index contributed by atoms with van der Waals surface area (Å²) in [6.45, 7) is 4.89. The highest BCUT2D eigenvalue weighted by Crippen LogP contribution is 2.34. The van der Waals surface area contributed by atoms with Gasteiger partial charge in [0, 0.05) is 24.5 Å². The fourth-order valence-electron chi connectivity index (χ4n) is 2.94. The smallest absolute Gasteiger partial charge is 0.293 e. The number of ether oxygens (including phenoxy) is 5. The first-order chi connectivity index (χ1) is 13.0. The molecule has 27 heavy (non-hydrogen) atoms. The van der Waals surface area contributed by atoms with Crippen LogP contribution in [-0.4, -0.2) is 42.2 Å². The number of methoxy groups -OCH3 is 1. The number of imidazole rings is 1. The maximum atomic E-state index is 6.00. The molecule has 1 atom stereocenters. The predicted octanol–water partition coefficient (Wildman–Crippen LogP) is 3.27. The molecule has 0 radical (unpaired) electrons. The van der Waals surface area contributed by atoms with Crippen molar-refractivity contribution in [2.75, 3.05) is 20.3 Å². The molecule has 8 nitrogen and oxygen atoms in total. The van der Waals surface area contributed by atoms with Crippen LogP contribution in [0.4, 0.5) is 0 Å². The van der Waals surface area contributed by atoms with E-state index in [1.807, 2.05) is 32.0 Å². The van der Waals surface area contributed by atoms with Crippen molar-refractivity contribution in [2.24, 2.45) is 0 Å². The molecular weight excluding hydrogens is 352 g/mol. The molecule has 0 unspecified atom stereocenters. The van der Waals surface area contributed by atoms with E-state index in [0.29, 0.717) is 42.1 Å². The van der Waals surface area contributed by atoms with Gasteiger partial charge in [-0.1, -0.05) is 0 Å². The number of nitrogens with zero attached hydrogens (tertiary/aromatic N) is 1. The lowest BCUT2D eigenvalue weighted by Gasteiger charge is -2.17. The Bertz CT molecular complexity index is 902. The highest BCUT2D eigenvalue weighted by Gasteiger charge is 2.33. The van der Waals surface area contributed by atoms with E-state index in [1.54, 1.807) is 19.5 Å². The van der Waals surface area contributed by atoms with Crippen LogP contribution in [0, 0.1) is 0 Å². The van der Waals surface area contributed by atoms with Crippen LogP contribution in [0.5, 0.6) is 17.5 Å². The molecule has 0 bridgehead atoms. The van der Waals surface area contributed by atoms with Gasteiger partial charge in [0.25, 0.3) is 6.01 Å². The molecular formula is C19H22N2O6. The van der Waals surface area contributed by atoms with Crippen LogP contribution in [0.1, 0.15) is 19.6 Å². The van der Waals surface area contributed by atoms with Gasteiger partial charge in [0.1, 0.15) is 42.2 Å². The van der Waals surface area contributed by atoms with Crippen LogP contribution < -0.4 is 14.2 Å². The van der Waals surface area contributed by atoms with Crippen molar-refractivity contribution >= 4 is 11.0 Å². The van der Waals surface area contributed by atoms with E-state index in [4.69, 9.17) is 28.1 Å². The minimum atomic E-state index is -0.580. The van der Waals surface area contributed by atoms with Crippen molar-refractivity contribution in [1.82, 2.24) is 9.97 Å². The third-order valence-electron chi connectivity index (χ3n) is 4.18. The fraction of sp³-hybridized carbons (Fsp3) is 0.421. The largest absolute Gasteiger partial charge is 0.496 e. The molecule has 1 aliphatic heterocycles. The summed E-state index contributed by atoms with van der Waals surface area (Å²) in [7, 11) is 1.60. The molecule has 4 rings (SSSR count). The van der Waals surface area contributed by atoms with Gasteiger partial charge in [-0.15, -0.1) is 0 Å². The zero-order chi connectivity index (χ0) is 18.9. The van der Waals surface area contributed by atoms with Gasteiger partial charge in [0.05, 0.1) is 19.1 Å². The summed E-state index contributed by atoms with van der Waals surface area (Å²) in [6, 6.07) is 5.97. The first-order valence-electron chi connectivity index (χ1n) is 8.69. The van der Waals surface area contributed by atoms with Crippen LogP contribution >= 0.6 is 0 Å². The topological polar surface area (TPSA) is 88.0 Å². The summed E-state index contributed by atoms with van der Waals surface area (Å²) in [6.07, 6.45) is 3.19. The molecule has 144 valence electrons. The Labute approximate surface area is 156 Å². The first kappa shape index (κ1) is 17.7. The summed E-state index contributed by atoms with van der Waals surface area (Å²) in [5.41, 5.74) is 0.659. The average Bonchev–Trinajstić information content (AvgIpc) is 3.37. The standard InChI is InChI=1S/C19H22N2O6/c1-19(2)25-11-14(27-19)10-23-16-7-12(22-3)8-17-15(16)6-13(26-17)9-24-18-20-4-5-21-18/h4-8,14H,9-11H2,1-3H3,(H,20,21)/t14-/m1/s1. The van der Waals surface area contributed by atoms with Gasteiger partial charge >= 0.3 is 0 Å². The summed E-state index contributed by atoms with van der Waals surface area (Å²) in [4.78, 5) is 6.91. The van der Waals surface area contributed by atoms with Gasteiger partial charge in [0.15, 0.2) is 5.79 Å². The Hall–Kier alpha value is -2.71. The van der Waals surface area contributed by atoms with E-state index in [-0.39, 0.29) is 12.7 Å². The minimum absolute atomic E-state index is 0.130. The number of hydrogen-bond donors (Lipinski definition) is 1. The van der Waals surface area contributed by atoms with E-state index in [9.17, 15) is 0 Å². The molecule has 0 spiro atoms. The van der Waals surface area contributed by atoms with Crippen molar-refractivity contribution in [3.63, 3.8) is 0 Å². The van der Waals surface area contributed by atoms with Crippen LogP contribution in [0.2, 0.25) is 0 Å². The van der Waals surface area contributed by atoms with Gasteiger partial charge in [-0.05, 0) is 19.9 Å². The third-order valence-corrected chi connectivity index (χ3v) is 4.18. The normalized spacial score (nSPS) is 18.7. The van der Waals surface area contributed by atoms with Crippen molar-refractivity contribution in [3.05, 3.63) is 36.4 Å². The highest BCUT2D eigenvalue weighted by molar-refractivity contribution is 5.86. The molecule has 1 aliphatic rings. The zero-order valence-corrected chi connectivity index (χ0v) is 15.5. The van der Waals surface area contributed by atoms with Crippen molar-refractivity contribution in [2.45, 2.75) is 32.3 Å². The molecule has 1 N–H and O–H groups in total. The van der Waals surface area contributed by atoms with Crippen molar-refractivity contribution in [1.29, 1.82) is 0 Å². The van der Waals surface area contributed by atoms with Gasteiger partial charge in [-0.2, -0.15) is 0 Å². The Morgan fingerprint density at radius 3 is 2.85 bits per heavy atom. The monoisotopic (exact) mass is 374 g/mol. The summed E-state index contributed by atoms with van der Waals surface area (Å²) in [5.74, 6) is 1.38. The van der Waals surface area contributed by atoms with Crippen molar-refractivity contribution in [3.8, 4) is 17.5 Å². The quantitative estimate of drug-likeness (QED) is 0.679. The predicted molar refractivity (Wildman–Crippen MR) is 96.1 cm³/mol. The van der Waals surface area contributed by atoms with Crippen LogP contribution in [0.25, 0.3) is 11.0 Å². The number of nitrogens with one attached hydrogen (secondary N) is 1. The Kier molecular flexibility index (Phi) is 4.67. The Morgan fingerprint density at radius 2 is 2.15 bits per heavy atom.